The van der Waals surface area contributed by atoms with E-state index in [1.807, 2.05) is 36.4 Å². The number of ether oxygens (including phenoxy) is 2. The van der Waals surface area contributed by atoms with Gasteiger partial charge in [0.25, 0.3) is 0 Å². The first-order valence-corrected chi connectivity index (χ1v) is 10.5. The molecule has 28 heavy (non-hydrogen) atoms. The van der Waals surface area contributed by atoms with Crippen molar-refractivity contribution in [1.82, 2.24) is 4.90 Å². The first-order valence-electron chi connectivity index (χ1n) is 9.49. The van der Waals surface area contributed by atoms with E-state index in [1.165, 1.54) is 18.2 Å². The standard InChI is InChI=1S/C21H23N3O3S/c25-20(22-17-9-10-18-19(13-17)27-15-26-18)14-28-21(24-11-5-2-6-12-24)23-16-7-3-1-4-8-16/h1,3-4,7-10,13H,2,5-6,11-12,14-15H2,(H,22,25). The molecular formula is C21H23N3O3S. The molecule has 2 aromatic rings. The van der Waals surface area contributed by atoms with Gasteiger partial charge in [-0.05, 0) is 43.5 Å². The highest BCUT2D eigenvalue weighted by Gasteiger charge is 2.18. The first kappa shape index (κ1) is 18.7. The maximum Gasteiger partial charge on any atom is 0.234 e. The summed E-state index contributed by atoms with van der Waals surface area (Å²) >= 11 is 1.48. The maximum absolute atomic E-state index is 12.5. The van der Waals surface area contributed by atoms with Crippen molar-refractivity contribution in [3.8, 4) is 11.5 Å². The van der Waals surface area contributed by atoms with Crippen molar-refractivity contribution in [2.24, 2.45) is 4.99 Å². The lowest BCUT2D eigenvalue weighted by atomic mass is 10.1. The molecule has 0 spiro atoms. The maximum atomic E-state index is 12.5. The van der Waals surface area contributed by atoms with Gasteiger partial charge in [-0.25, -0.2) is 4.99 Å². The highest BCUT2D eigenvalue weighted by atomic mass is 32.2. The van der Waals surface area contributed by atoms with E-state index in [4.69, 9.17) is 14.5 Å². The Labute approximate surface area is 168 Å². The number of aliphatic imine (C=N–C) groups is 1. The summed E-state index contributed by atoms with van der Waals surface area (Å²) in [7, 11) is 0. The van der Waals surface area contributed by atoms with Gasteiger partial charge < -0.3 is 19.7 Å². The molecule has 1 fully saturated rings. The molecule has 7 heteroatoms. The molecule has 2 aliphatic rings. The number of likely N-dealkylation sites (tertiary alicyclic amines) is 1. The van der Waals surface area contributed by atoms with Gasteiger partial charge in [0.15, 0.2) is 16.7 Å². The van der Waals surface area contributed by atoms with Crippen molar-refractivity contribution in [2.45, 2.75) is 19.3 Å². The zero-order chi connectivity index (χ0) is 19.2. The minimum absolute atomic E-state index is 0.0679. The molecule has 0 radical (unpaired) electrons. The fourth-order valence-corrected chi connectivity index (χ4v) is 4.06. The molecular weight excluding hydrogens is 374 g/mol. The second-order valence-corrected chi connectivity index (χ2v) is 7.63. The molecule has 2 heterocycles. The number of rotatable bonds is 4. The van der Waals surface area contributed by atoms with E-state index in [0.29, 0.717) is 22.9 Å². The quantitative estimate of drug-likeness (QED) is 0.617. The van der Waals surface area contributed by atoms with Gasteiger partial charge in [0.05, 0.1) is 11.4 Å². The van der Waals surface area contributed by atoms with Crippen LogP contribution < -0.4 is 14.8 Å². The molecule has 0 atom stereocenters. The van der Waals surface area contributed by atoms with E-state index in [-0.39, 0.29) is 12.7 Å². The van der Waals surface area contributed by atoms with Gasteiger partial charge in [-0.2, -0.15) is 0 Å². The number of para-hydroxylation sites is 1. The molecule has 0 unspecified atom stereocenters. The van der Waals surface area contributed by atoms with Crippen LogP contribution in [-0.2, 0) is 4.79 Å². The van der Waals surface area contributed by atoms with Crippen LogP contribution in [0.25, 0.3) is 0 Å². The molecule has 2 aliphatic heterocycles. The number of benzene rings is 2. The topological polar surface area (TPSA) is 63.2 Å². The summed E-state index contributed by atoms with van der Waals surface area (Å²) < 4.78 is 10.7. The van der Waals surface area contributed by atoms with Gasteiger partial charge in [-0.15, -0.1) is 0 Å². The number of nitrogens with zero attached hydrogens (tertiary/aromatic N) is 2. The number of nitrogens with one attached hydrogen (secondary N) is 1. The van der Waals surface area contributed by atoms with Gasteiger partial charge in [-0.1, -0.05) is 30.0 Å². The summed E-state index contributed by atoms with van der Waals surface area (Å²) in [6.07, 6.45) is 3.58. The Bertz CT molecular complexity index is 851. The Balaban J connectivity index is 1.40. The van der Waals surface area contributed by atoms with Crippen molar-refractivity contribution in [3.05, 3.63) is 48.5 Å². The van der Waals surface area contributed by atoms with Crippen LogP contribution in [0.3, 0.4) is 0 Å². The summed E-state index contributed by atoms with van der Waals surface area (Å²) in [6.45, 7) is 2.20. The zero-order valence-corrected chi connectivity index (χ0v) is 16.4. The number of carbonyl (C=O) groups is 1. The number of anilines is 1. The Morgan fingerprint density at radius 1 is 1.04 bits per heavy atom. The molecule has 146 valence electrons. The predicted molar refractivity (Wildman–Crippen MR) is 113 cm³/mol. The monoisotopic (exact) mass is 397 g/mol. The van der Waals surface area contributed by atoms with E-state index < -0.39 is 0 Å². The van der Waals surface area contributed by atoms with Gasteiger partial charge in [0.2, 0.25) is 12.7 Å². The second kappa shape index (κ2) is 9.01. The summed E-state index contributed by atoms with van der Waals surface area (Å²) in [5, 5.41) is 3.83. The fourth-order valence-electron chi connectivity index (χ4n) is 3.19. The Kier molecular flexibility index (Phi) is 6.01. The Morgan fingerprint density at radius 3 is 2.64 bits per heavy atom. The smallest absolute Gasteiger partial charge is 0.234 e. The molecule has 1 saturated heterocycles. The van der Waals surface area contributed by atoms with Crippen molar-refractivity contribution in [3.63, 3.8) is 0 Å². The molecule has 0 saturated carbocycles. The second-order valence-electron chi connectivity index (χ2n) is 6.68. The highest BCUT2D eigenvalue weighted by Crippen LogP contribution is 2.34. The average Bonchev–Trinajstić information content (AvgIpc) is 3.20. The van der Waals surface area contributed by atoms with Crippen LogP contribution in [0, 0.1) is 0 Å². The minimum Gasteiger partial charge on any atom is -0.454 e. The SMILES string of the molecule is O=C(CSC(=Nc1ccccc1)N1CCCCC1)Nc1ccc2c(c1)OCO2. The Hall–Kier alpha value is -2.67. The summed E-state index contributed by atoms with van der Waals surface area (Å²) in [5.41, 5.74) is 1.61. The van der Waals surface area contributed by atoms with E-state index >= 15 is 0 Å². The number of hydrogen-bond donors (Lipinski definition) is 1. The summed E-state index contributed by atoms with van der Waals surface area (Å²) in [4.78, 5) is 19.6. The number of carbonyl (C=O) groups excluding carboxylic acids is 1. The van der Waals surface area contributed by atoms with Crippen LogP contribution in [0.4, 0.5) is 11.4 Å². The molecule has 0 aliphatic carbocycles. The summed E-state index contributed by atoms with van der Waals surface area (Å²) in [6, 6.07) is 15.3. The van der Waals surface area contributed by atoms with E-state index in [1.54, 1.807) is 12.1 Å². The third-order valence-electron chi connectivity index (χ3n) is 4.60. The molecule has 0 aromatic heterocycles. The molecule has 4 rings (SSSR count). The third-order valence-corrected chi connectivity index (χ3v) is 5.61. The number of fused-ring (bicyclic) bond motifs is 1. The van der Waals surface area contributed by atoms with Crippen LogP contribution in [0.2, 0.25) is 0 Å². The highest BCUT2D eigenvalue weighted by molar-refractivity contribution is 8.14. The zero-order valence-electron chi connectivity index (χ0n) is 15.6. The van der Waals surface area contributed by atoms with Crippen LogP contribution in [0.1, 0.15) is 19.3 Å². The largest absolute Gasteiger partial charge is 0.454 e. The molecule has 0 bridgehead atoms. The van der Waals surface area contributed by atoms with E-state index in [0.717, 1.165) is 36.8 Å². The number of amides is 1. The van der Waals surface area contributed by atoms with Crippen LogP contribution in [0.5, 0.6) is 11.5 Å². The lowest BCUT2D eigenvalue weighted by Gasteiger charge is -2.29. The lowest BCUT2D eigenvalue weighted by molar-refractivity contribution is -0.113. The van der Waals surface area contributed by atoms with E-state index in [9.17, 15) is 4.79 Å². The number of amidine groups is 1. The Morgan fingerprint density at radius 2 is 1.82 bits per heavy atom. The predicted octanol–water partition coefficient (Wildman–Crippen LogP) is 4.26. The number of piperidine rings is 1. The van der Waals surface area contributed by atoms with Crippen LogP contribution in [-0.4, -0.2) is 41.6 Å². The number of thioether (sulfide) groups is 1. The molecule has 2 aromatic carbocycles. The van der Waals surface area contributed by atoms with E-state index in [2.05, 4.69) is 10.2 Å². The van der Waals surface area contributed by atoms with Gasteiger partial charge in [-0.3, -0.25) is 4.79 Å². The van der Waals surface area contributed by atoms with Crippen molar-refractivity contribution in [1.29, 1.82) is 0 Å². The molecule has 6 nitrogen and oxygen atoms in total. The number of hydrogen-bond acceptors (Lipinski definition) is 5. The third kappa shape index (κ3) is 4.78. The van der Waals surface area contributed by atoms with Crippen molar-refractivity contribution in [2.75, 3.05) is 31.0 Å². The molecule has 1 N–H and O–H groups in total. The molecule has 1 amide bonds. The normalized spacial score (nSPS) is 16.1. The fraction of sp³-hybridized carbons (Fsp3) is 0.333. The van der Waals surface area contributed by atoms with Gasteiger partial charge >= 0.3 is 0 Å². The van der Waals surface area contributed by atoms with Crippen LogP contribution >= 0.6 is 11.8 Å². The summed E-state index contributed by atoms with van der Waals surface area (Å²) in [5.74, 6) is 1.60. The minimum atomic E-state index is -0.0679. The van der Waals surface area contributed by atoms with Gasteiger partial charge in [0.1, 0.15) is 0 Å². The van der Waals surface area contributed by atoms with Crippen LogP contribution in [0.15, 0.2) is 53.5 Å². The van der Waals surface area contributed by atoms with Gasteiger partial charge in [0, 0.05) is 24.8 Å². The lowest BCUT2D eigenvalue weighted by Crippen LogP contribution is -2.34. The van der Waals surface area contributed by atoms with Crippen molar-refractivity contribution >= 4 is 34.2 Å². The average molecular weight is 398 g/mol. The van der Waals surface area contributed by atoms with Crippen molar-refractivity contribution < 1.29 is 14.3 Å². The first-order chi connectivity index (χ1) is 13.8.